The van der Waals surface area contributed by atoms with Crippen molar-refractivity contribution in [1.29, 1.82) is 0 Å². The highest BCUT2D eigenvalue weighted by Gasteiger charge is 2.21. The van der Waals surface area contributed by atoms with Gasteiger partial charge in [0.05, 0.1) is 5.69 Å². The second-order valence-corrected chi connectivity index (χ2v) is 12.5. The molecule has 10 aromatic rings. The molecule has 0 saturated carbocycles. The number of para-hydroxylation sites is 2. The molecule has 8 aromatic carbocycles. The zero-order valence-corrected chi connectivity index (χ0v) is 26.5. The number of fused-ring (bicyclic) bond motifs is 8. The Bertz CT molecular complexity index is 2810. The summed E-state index contributed by atoms with van der Waals surface area (Å²) in [7, 11) is 0. The van der Waals surface area contributed by atoms with Gasteiger partial charge in [0.1, 0.15) is 22.3 Å². The first kappa shape index (κ1) is 27.5. The normalized spacial score (nSPS) is 11.7. The molecular formula is C46H29NO2. The summed E-state index contributed by atoms with van der Waals surface area (Å²) in [5.74, 6) is 0. The molecule has 0 aliphatic rings. The minimum Gasteiger partial charge on any atom is -0.456 e. The summed E-state index contributed by atoms with van der Waals surface area (Å²) < 4.78 is 13.0. The van der Waals surface area contributed by atoms with Crippen molar-refractivity contribution >= 4 is 71.7 Å². The summed E-state index contributed by atoms with van der Waals surface area (Å²) >= 11 is 0. The fourth-order valence-electron chi connectivity index (χ4n) is 7.43. The molecule has 0 N–H and O–H groups in total. The summed E-state index contributed by atoms with van der Waals surface area (Å²) in [4.78, 5) is 2.34. The average molecular weight is 628 g/mol. The van der Waals surface area contributed by atoms with E-state index < -0.39 is 0 Å². The number of nitrogens with zero attached hydrogens (tertiary/aromatic N) is 1. The van der Waals surface area contributed by atoms with E-state index in [0.717, 1.165) is 82.8 Å². The smallest absolute Gasteiger partial charge is 0.138 e. The average Bonchev–Trinajstić information content (AvgIpc) is 3.74. The molecule has 0 fully saturated rings. The van der Waals surface area contributed by atoms with Gasteiger partial charge >= 0.3 is 0 Å². The van der Waals surface area contributed by atoms with E-state index in [-0.39, 0.29) is 0 Å². The molecule has 3 heteroatoms. The molecule has 2 heterocycles. The Kier molecular flexibility index (Phi) is 6.18. The molecule has 0 spiro atoms. The van der Waals surface area contributed by atoms with Gasteiger partial charge in [0.25, 0.3) is 0 Å². The van der Waals surface area contributed by atoms with Crippen molar-refractivity contribution in [2.45, 2.75) is 0 Å². The number of benzene rings is 8. The van der Waals surface area contributed by atoms with E-state index in [1.54, 1.807) is 0 Å². The maximum absolute atomic E-state index is 6.50. The standard InChI is InChI=1S/C46H29NO2/c1-3-12-30(13-4-1)31-22-24-32(25-23-31)35-19-11-21-43-45(35)39-28-34(26-27-42(39)48-43)47(33-14-5-2-6-15-33)40-29-44-46(37-17-8-7-16-36(37)40)38-18-9-10-20-41(38)49-44/h1-29H. The molecule has 0 aliphatic heterocycles. The lowest BCUT2D eigenvalue weighted by atomic mass is 9.96. The molecule has 0 unspecified atom stereocenters. The highest BCUT2D eigenvalue weighted by molar-refractivity contribution is 6.22. The maximum Gasteiger partial charge on any atom is 0.138 e. The molecule has 10 rings (SSSR count). The third-order valence-electron chi connectivity index (χ3n) is 9.66. The number of rotatable bonds is 5. The Balaban J connectivity index is 1.19. The second kappa shape index (κ2) is 11.0. The van der Waals surface area contributed by atoms with Gasteiger partial charge in [-0.3, -0.25) is 0 Å². The molecular weight excluding hydrogens is 599 g/mol. The first-order valence-corrected chi connectivity index (χ1v) is 16.6. The van der Waals surface area contributed by atoms with E-state index in [1.165, 1.54) is 11.1 Å². The van der Waals surface area contributed by atoms with E-state index in [9.17, 15) is 0 Å². The van der Waals surface area contributed by atoms with Crippen LogP contribution in [0, 0.1) is 0 Å². The monoisotopic (exact) mass is 627 g/mol. The molecule has 0 atom stereocenters. The maximum atomic E-state index is 6.50. The highest BCUT2D eigenvalue weighted by atomic mass is 16.3. The zero-order chi connectivity index (χ0) is 32.3. The minimum atomic E-state index is 0.859. The lowest BCUT2D eigenvalue weighted by Gasteiger charge is -2.27. The van der Waals surface area contributed by atoms with Gasteiger partial charge in [0.2, 0.25) is 0 Å². The van der Waals surface area contributed by atoms with Crippen molar-refractivity contribution in [2.75, 3.05) is 4.90 Å². The van der Waals surface area contributed by atoms with Crippen LogP contribution in [0.25, 0.3) is 76.9 Å². The topological polar surface area (TPSA) is 29.5 Å². The molecule has 0 amide bonds. The summed E-state index contributed by atoms with van der Waals surface area (Å²) in [5, 5.41) is 6.77. The number of hydrogen-bond acceptors (Lipinski definition) is 3. The van der Waals surface area contributed by atoms with Crippen LogP contribution >= 0.6 is 0 Å². The fourth-order valence-corrected chi connectivity index (χ4v) is 7.43. The Morgan fingerprint density at radius 3 is 1.76 bits per heavy atom. The van der Waals surface area contributed by atoms with Crippen molar-refractivity contribution in [3.8, 4) is 22.3 Å². The predicted molar refractivity (Wildman–Crippen MR) is 204 cm³/mol. The number of furan rings is 2. The largest absolute Gasteiger partial charge is 0.456 e. The van der Waals surface area contributed by atoms with E-state index in [4.69, 9.17) is 8.83 Å². The van der Waals surface area contributed by atoms with Gasteiger partial charge in [-0.1, -0.05) is 127 Å². The Labute approximate surface area is 282 Å². The van der Waals surface area contributed by atoms with Crippen LogP contribution < -0.4 is 4.90 Å². The van der Waals surface area contributed by atoms with Gasteiger partial charge in [-0.05, 0) is 70.1 Å². The quantitative estimate of drug-likeness (QED) is 0.190. The van der Waals surface area contributed by atoms with Gasteiger partial charge < -0.3 is 13.7 Å². The predicted octanol–water partition coefficient (Wildman–Crippen LogP) is 13.4. The molecule has 0 radical (unpaired) electrons. The van der Waals surface area contributed by atoms with Crippen LogP contribution in [0.2, 0.25) is 0 Å². The fraction of sp³-hybridized carbons (Fsp3) is 0. The van der Waals surface area contributed by atoms with Crippen LogP contribution in [0.4, 0.5) is 17.1 Å². The Morgan fingerprint density at radius 1 is 0.327 bits per heavy atom. The van der Waals surface area contributed by atoms with E-state index in [1.807, 2.05) is 12.1 Å². The lowest BCUT2D eigenvalue weighted by Crippen LogP contribution is -2.10. The van der Waals surface area contributed by atoms with Crippen LogP contribution in [0.15, 0.2) is 185 Å². The molecule has 3 nitrogen and oxygen atoms in total. The van der Waals surface area contributed by atoms with Crippen LogP contribution in [-0.4, -0.2) is 0 Å². The molecule has 2 aromatic heterocycles. The van der Waals surface area contributed by atoms with Crippen molar-refractivity contribution < 1.29 is 8.83 Å². The Hall–Kier alpha value is -6.58. The first-order valence-electron chi connectivity index (χ1n) is 16.6. The third-order valence-corrected chi connectivity index (χ3v) is 9.66. The molecule has 0 saturated heterocycles. The van der Waals surface area contributed by atoms with Crippen LogP contribution in [0.5, 0.6) is 0 Å². The minimum absolute atomic E-state index is 0.859. The van der Waals surface area contributed by atoms with Crippen molar-refractivity contribution in [2.24, 2.45) is 0 Å². The van der Waals surface area contributed by atoms with Crippen molar-refractivity contribution in [3.05, 3.63) is 176 Å². The molecule has 0 bridgehead atoms. The third kappa shape index (κ3) is 4.44. The number of anilines is 3. The summed E-state index contributed by atoms with van der Waals surface area (Å²) in [6, 6.07) is 61.9. The molecule has 230 valence electrons. The molecule has 0 aliphatic carbocycles. The Morgan fingerprint density at radius 2 is 0.939 bits per heavy atom. The highest BCUT2D eigenvalue weighted by Crippen LogP contribution is 2.46. The van der Waals surface area contributed by atoms with Gasteiger partial charge in [-0.15, -0.1) is 0 Å². The SMILES string of the molecule is c1ccc(-c2ccc(-c3cccc4oc5ccc(N(c6ccccc6)c6cc7oc8ccccc8c7c7ccccc67)cc5c34)cc2)cc1. The number of hydrogen-bond donors (Lipinski definition) is 0. The van der Waals surface area contributed by atoms with Gasteiger partial charge in [0, 0.05) is 44.4 Å². The van der Waals surface area contributed by atoms with E-state index >= 15 is 0 Å². The van der Waals surface area contributed by atoms with Crippen LogP contribution in [0.3, 0.4) is 0 Å². The van der Waals surface area contributed by atoms with Crippen LogP contribution in [0.1, 0.15) is 0 Å². The van der Waals surface area contributed by atoms with E-state index in [0.29, 0.717) is 0 Å². The summed E-state index contributed by atoms with van der Waals surface area (Å²) in [6.45, 7) is 0. The molecule has 49 heavy (non-hydrogen) atoms. The first-order chi connectivity index (χ1) is 24.3. The van der Waals surface area contributed by atoms with Gasteiger partial charge in [-0.2, -0.15) is 0 Å². The van der Waals surface area contributed by atoms with Crippen LogP contribution in [-0.2, 0) is 0 Å². The lowest BCUT2D eigenvalue weighted by molar-refractivity contribution is 0.668. The zero-order valence-electron chi connectivity index (χ0n) is 26.5. The summed E-state index contributed by atoms with van der Waals surface area (Å²) in [6.07, 6.45) is 0. The van der Waals surface area contributed by atoms with Gasteiger partial charge in [-0.25, -0.2) is 0 Å². The summed E-state index contributed by atoms with van der Waals surface area (Å²) in [5.41, 5.74) is 11.3. The van der Waals surface area contributed by atoms with Crippen molar-refractivity contribution in [3.63, 3.8) is 0 Å². The second-order valence-electron chi connectivity index (χ2n) is 12.5. The van der Waals surface area contributed by atoms with E-state index in [2.05, 4.69) is 169 Å². The van der Waals surface area contributed by atoms with Crippen molar-refractivity contribution in [1.82, 2.24) is 0 Å². The van der Waals surface area contributed by atoms with Gasteiger partial charge in [0.15, 0.2) is 0 Å².